The Morgan fingerprint density at radius 1 is 0.317 bits per heavy atom. The second-order valence-electron chi connectivity index (χ2n) is 11.7. The van der Waals surface area contributed by atoms with E-state index in [9.17, 15) is 9.59 Å². The Morgan fingerprint density at radius 3 is 0.780 bits per heavy atom. The van der Waals surface area contributed by atoms with Gasteiger partial charge in [-0.05, 0) is 77.0 Å². The molecule has 4 N–H and O–H groups in total. The molecule has 0 aliphatic heterocycles. The highest BCUT2D eigenvalue weighted by Gasteiger charge is 1.96. The maximum absolute atomic E-state index is 10.7. The lowest BCUT2D eigenvalue weighted by atomic mass is 10.1. The molecule has 0 unspecified atom stereocenters. The first-order valence-electron chi connectivity index (χ1n) is 17.3. The average molecular weight is 571 g/mol. The Balaban J connectivity index is 3.25. The molecule has 0 spiro atoms. The average Bonchev–Trinajstić information content (AvgIpc) is 2.94. The van der Waals surface area contributed by atoms with Gasteiger partial charge in [0.15, 0.2) is 0 Å². The normalized spacial score (nSPS) is 12.1. The summed E-state index contributed by atoms with van der Waals surface area (Å²) in [5.74, 6) is -0.346. The van der Waals surface area contributed by atoms with Crippen LogP contribution in [0.3, 0.4) is 0 Å². The lowest BCUT2D eigenvalue weighted by Crippen LogP contribution is -2.09. The monoisotopic (exact) mass is 571 g/mol. The zero-order valence-electron chi connectivity index (χ0n) is 26.7. The predicted octanol–water partition coefficient (Wildman–Crippen LogP) is 10.7. The number of amides is 2. The minimum absolute atomic E-state index is 0.173. The van der Waals surface area contributed by atoms with Crippen LogP contribution in [0.5, 0.6) is 0 Å². The van der Waals surface area contributed by atoms with Crippen LogP contribution in [-0.4, -0.2) is 11.8 Å². The van der Waals surface area contributed by atoms with Crippen molar-refractivity contribution in [1.82, 2.24) is 0 Å². The summed E-state index contributed by atoms with van der Waals surface area (Å²) in [4.78, 5) is 21.4. The summed E-state index contributed by atoms with van der Waals surface area (Å²) in [6.07, 6.45) is 50.5. The molecular weight excluding hydrogens is 504 g/mol. The van der Waals surface area contributed by atoms with Gasteiger partial charge in [-0.2, -0.15) is 0 Å². The Hall–Kier alpha value is -2.10. The van der Waals surface area contributed by atoms with Crippen LogP contribution in [0.1, 0.15) is 173 Å². The standard InChI is InChI=1S/C37H66N2O2/c38-36(40)34-32-30-28-26-24-22-20-18-16-14-12-10-8-6-4-2-1-3-5-7-9-11-13-15-17-19-21-23-25-27-29-31-33-35-37(39)41/h12-15,18-21H,1-11,16-17,22-35H2,(H2,38,40)(H2,39,41)/b14-12-,15-13-,20-18-,21-19-. The van der Waals surface area contributed by atoms with Crippen LogP contribution in [0.15, 0.2) is 48.6 Å². The van der Waals surface area contributed by atoms with Crippen LogP contribution in [0.4, 0.5) is 0 Å². The van der Waals surface area contributed by atoms with Gasteiger partial charge in [0, 0.05) is 12.8 Å². The molecule has 0 fully saturated rings. The van der Waals surface area contributed by atoms with E-state index >= 15 is 0 Å². The van der Waals surface area contributed by atoms with Gasteiger partial charge in [0.1, 0.15) is 0 Å². The number of hydrogen-bond acceptors (Lipinski definition) is 2. The number of nitrogens with two attached hydrogens (primary N) is 2. The van der Waals surface area contributed by atoms with Crippen molar-refractivity contribution in [3.63, 3.8) is 0 Å². The molecule has 0 saturated heterocycles. The third-order valence-corrected chi connectivity index (χ3v) is 7.54. The molecule has 0 aromatic carbocycles. The van der Waals surface area contributed by atoms with Gasteiger partial charge in [-0.1, -0.05) is 132 Å². The lowest BCUT2D eigenvalue weighted by molar-refractivity contribution is -0.119. The molecule has 0 aromatic rings. The second kappa shape index (κ2) is 34.1. The zero-order valence-corrected chi connectivity index (χ0v) is 26.7. The van der Waals surface area contributed by atoms with Crippen LogP contribution >= 0.6 is 0 Å². The van der Waals surface area contributed by atoms with Gasteiger partial charge < -0.3 is 11.5 Å². The van der Waals surface area contributed by atoms with Gasteiger partial charge in [0.2, 0.25) is 11.8 Å². The fraction of sp³-hybridized carbons (Fsp3) is 0.730. The highest BCUT2D eigenvalue weighted by atomic mass is 16.1. The van der Waals surface area contributed by atoms with Crippen molar-refractivity contribution >= 4 is 11.8 Å². The largest absolute Gasteiger partial charge is 0.370 e. The highest BCUT2D eigenvalue weighted by Crippen LogP contribution is 2.12. The third-order valence-electron chi connectivity index (χ3n) is 7.54. The summed E-state index contributed by atoms with van der Waals surface area (Å²) in [5.41, 5.74) is 10.3. The van der Waals surface area contributed by atoms with E-state index in [0.29, 0.717) is 12.8 Å². The Morgan fingerprint density at radius 2 is 0.537 bits per heavy atom. The van der Waals surface area contributed by atoms with Crippen molar-refractivity contribution in [2.75, 3.05) is 0 Å². The third kappa shape index (κ3) is 37.9. The summed E-state index contributed by atoms with van der Waals surface area (Å²) in [6, 6.07) is 0. The molecule has 41 heavy (non-hydrogen) atoms. The number of rotatable bonds is 32. The molecule has 0 aliphatic carbocycles. The quantitative estimate of drug-likeness (QED) is 0.0622. The predicted molar refractivity (Wildman–Crippen MR) is 180 cm³/mol. The number of carbonyl (C=O) groups is 2. The molecule has 2 amide bonds. The van der Waals surface area contributed by atoms with Gasteiger partial charge in [0.05, 0.1) is 0 Å². The van der Waals surface area contributed by atoms with Crippen molar-refractivity contribution in [2.45, 2.75) is 173 Å². The Bertz CT molecular complexity index is 635. The molecule has 236 valence electrons. The van der Waals surface area contributed by atoms with Crippen molar-refractivity contribution in [2.24, 2.45) is 11.5 Å². The second-order valence-corrected chi connectivity index (χ2v) is 11.7. The highest BCUT2D eigenvalue weighted by molar-refractivity contribution is 5.73. The lowest BCUT2D eigenvalue weighted by Gasteiger charge is -2.01. The van der Waals surface area contributed by atoms with Crippen molar-refractivity contribution < 1.29 is 9.59 Å². The van der Waals surface area contributed by atoms with E-state index < -0.39 is 0 Å². The molecule has 0 saturated carbocycles. The molecule has 0 aromatic heterocycles. The summed E-state index contributed by atoms with van der Waals surface area (Å²) >= 11 is 0. The van der Waals surface area contributed by atoms with Gasteiger partial charge in [-0.3, -0.25) is 9.59 Å². The van der Waals surface area contributed by atoms with Crippen LogP contribution < -0.4 is 11.5 Å². The number of allylic oxidation sites excluding steroid dienone is 8. The van der Waals surface area contributed by atoms with E-state index in [1.807, 2.05) is 0 Å². The first kappa shape index (κ1) is 38.9. The van der Waals surface area contributed by atoms with Crippen LogP contribution in [0.2, 0.25) is 0 Å². The van der Waals surface area contributed by atoms with E-state index in [-0.39, 0.29) is 11.8 Å². The first-order valence-corrected chi connectivity index (χ1v) is 17.3. The number of unbranched alkanes of at least 4 members (excludes halogenated alkanes) is 20. The molecule has 0 heterocycles. The number of primary amides is 2. The summed E-state index contributed by atoms with van der Waals surface area (Å²) in [5, 5.41) is 0. The van der Waals surface area contributed by atoms with Crippen LogP contribution in [0.25, 0.3) is 0 Å². The fourth-order valence-corrected chi connectivity index (χ4v) is 4.96. The molecule has 4 heteroatoms. The van der Waals surface area contributed by atoms with Crippen molar-refractivity contribution in [3.05, 3.63) is 48.6 Å². The van der Waals surface area contributed by atoms with Crippen LogP contribution in [-0.2, 0) is 9.59 Å². The van der Waals surface area contributed by atoms with E-state index in [1.54, 1.807) is 0 Å². The van der Waals surface area contributed by atoms with Crippen molar-refractivity contribution in [3.8, 4) is 0 Å². The van der Waals surface area contributed by atoms with Crippen molar-refractivity contribution in [1.29, 1.82) is 0 Å². The SMILES string of the molecule is NC(=O)CCCCCCC/C=C\C/C=C\CCCCCCCCCCC/C=C\C/C=C\CCCCCCCC(N)=O. The van der Waals surface area contributed by atoms with Gasteiger partial charge in [0.25, 0.3) is 0 Å². The molecule has 0 atom stereocenters. The van der Waals surface area contributed by atoms with E-state index in [4.69, 9.17) is 11.5 Å². The summed E-state index contributed by atoms with van der Waals surface area (Å²) < 4.78 is 0. The fourth-order valence-electron chi connectivity index (χ4n) is 4.96. The zero-order chi connectivity index (χ0) is 29.9. The minimum Gasteiger partial charge on any atom is -0.370 e. The molecular formula is C37H66N2O2. The first-order chi connectivity index (χ1) is 20.1. The molecule has 0 rings (SSSR count). The van der Waals surface area contributed by atoms with E-state index in [2.05, 4.69) is 48.6 Å². The van der Waals surface area contributed by atoms with E-state index in [0.717, 1.165) is 38.5 Å². The molecule has 4 nitrogen and oxygen atoms in total. The minimum atomic E-state index is -0.173. The maximum atomic E-state index is 10.7. The van der Waals surface area contributed by atoms with Gasteiger partial charge >= 0.3 is 0 Å². The summed E-state index contributed by atoms with van der Waals surface area (Å²) in [7, 11) is 0. The van der Waals surface area contributed by atoms with E-state index in [1.165, 1.54) is 122 Å². The number of carbonyl (C=O) groups excluding carboxylic acids is 2. The summed E-state index contributed by atoms with van der Waals surface area (Å²) in [6.45, 7) is 0. The molecule has 0 radical (unpaired) electrons. The smallest absolute Gasteiger partial charge is 0.217 e. The Labute approximate surface area is 254 Å². The molecule has 0 bridgehead atoms. The maximum Gasteiger partial charge on any atom is 0.217 e. The van der Waals surface area contributed by atoms with Gasteiger partial charge in [-0.25, -0.2) is 0 Å². The van der Waals surface area contributed by atoms with Gasteiger partial charge in [-0.15, -0.1) is 0 Å². The molecule has 0 aliphatic rings. The number of hydrogen-bond donors (Lipinski definition) is 2. The Kier molecular flexibility index (Phi) is 32.4. The van der Waals surface area contributed by atoms with Crippen LogP contribution in [0, 0.1) is 0 Å². The topological polar surface area (TPSA) is 86.2 Å².